The van der Waals surface area contributed by atoms with Crippen LogP contribution in [0, 0.1) is 0 Å². The number of pyridine rings is 1. The van der Waals surface area contributed by atoms with Crippen molar-refractivity contribution in [2.45, 2.75) is 44.4 Å². The zero-order valence-corrected chi connectivity index (χ0v) is 17.0. The van der Waals surface area contributed by atoms with Crippen molar-refractivity contribution in [1.82, 2.24) is 10.3 Å². The van der Waals surface area contributed by atoms with E-state index in [0.29, 0.717) is 17.4 Å². The largest absolute Gasteiger partial charge is 0.493 e. The van der Waals surface area contributed by atoms with Crippen LogP contribution in [-0.4, -0.2) is 22.7 Å². The lowest BCUT2D eigenvalue weighted by molar-refractivity contribution is -0.115. The van der Waals surface area contributed by atoms with Crippen LogP contribution in [0.3, 0.4) is 0 Å². The van der Waals surface area contributed by atoms with Gasteiger partial charge in [-0.3, -0.25) is 19.9 Å². The fraction of sp³-hybridized carbons (Fsp3) is 0.348. The fourth-order valence-electron chi connectivity index (χ4n) is 3.77. The van der Waals surface area contributed by atoms with Crippen LogP contribution in [0.5, 0.6) is 5.75 Å². The summed E-state index contributed by atoms with van der Waals surface area (Å²) in [6.45, 7) is 0.559. The van der Waals surface area contributed by atoms with E-state index in [4.69, 9.17) is 4.74 Å². The normalized spacial score (nSPS) is 18.8. The van der Waals surface area contributed by atoms with Gasteiger partial charge in [0.05, 0.1) is 11.5 Å². The highest BCUT2D eigenvalue weighted by atomic mass is 32.2. The number of rotatable bonds is 6. The molecule has 2 aliphatic rings. The molecule has 2 fully saturated rings. The van der Waals surface area contributed by atoms with E-state index < -0.39 is 0 Å². The van der Waals surface area contributed by atoms with Crippen LogP contribution >= 0.6 is 11.8 Å². The summed E-state index contributed by atoms with van der Waals surface area (Å²) in [4.78, 5) is 27.8. The van der Waals surface area contributed by atoms with Gasteiger partial charge in [-0.15, -0.1) is 0 Å². The van der Waals surface area contributed by atoms with Crippen LogP contribution in [0.25, 0.3) is 6.08 Å². The molecule has 29 heavy (non-hydrogen) atoms. The van der Waals surface area contributed by atoms with Gasteiger partial charge in [-0.05, 0) is 65.9 Å². The molecule has 4 rings (SSSR count). The summed E-state index contributed by atoms with van der Waals surface area (Å²) in [7, 11) is 0. The Morgan fingerprint density at radius 3 is 2.52 bits per heavy atom. The second kappa shape index (κ2) is 9.27. The molecule has 1 saturated carbocycles. The molecule has 1 N–H and O–H groups in total. The molecule has 2 amide bonds. The zero-order chi connectivity index (χ0) is 20.1. The minimum Gasteiger partial charge on any atom is -0.493 e. The number of carbonyl (C=O) groups excluding carboxylic acids is 2. The molecule has 0 atom stereocenters. The van der Waals surface area contributed by atoms with Crippen molar-refractivity contribution in [3.05, 3.63) is 64.3 Å². The van der Waals surface area contributed by atoms with Gasteiger partial charge >= 0.3 is 0 Å². The minimum atomic E-state index is -0.345. The minimum absolute atomic E-state index is 0.332. The molecule has 2 aromatic rings. The lowest BCUT2D eigenvalue weighted by Crippen LogP contribution is -2.17. The van der Waals surface area contributed by atoms with Crippen LogP contribution in [0.4, 0.5) is 4.79 Å². The van der Waals surface area contributed by atoms with Gasteiger partial charge in [0.15, 0.2) is 0 Å². The topological polar surface area (TPSA) is 68.3 Å². The van der Waals surface area contributed by atoms with Crippen LogP contribution in [-0.2, 0) is 11.2 Å². The Labute approximate surface area is 174 Å². The maximum absolute atomic E-state index is 11.6. The first-order valence-electron chi connectivity index (χ1n) is 10.1. The number of aromatic nitrogens is 1. The van der Waals surface area contributed by atoms with Gasteiger partial charge in [0, 0.05) is 18.3 Å². The second-order valence-electron chi connectivity index (χ2n) is 7.44. The summed E-state index contributed by atoms with van der Waals surface area (Å²) in [5.74, 6) is 1.11. The van der Waals surface area contributed by atoms with E-state index in [2.05, 4.69) is 22.4 Å². The van der Waals surface area contributed by atoms with Gasteiger partial charge in [-0.2, -0.15) is 0 Å². The molecule has 0 unspecified atom stereocenters. The number of ether oxygens (including phenoxy) is 1. The molecule has 1 aliphatic heterocycles. The summed E-state index contributed by atoms with van der Waals surface area (Å²) in [5, 5.41) is 1.92. The van der Waals surface area contributed by atoms with Gasteiger partial charge in [0.25, 0.3) is 11.1 Å². The van der Waals surface area contributed by atoms with Crippen molar-refractivity contribution in [1.29, 1.82) is 0 Å². The molecule has 0 bridgehead atoms. The Bertz CT molecular complexity index is 901. The van der Waals surface area contributed by atoms with E-state index in [-0.39, 0.29) is 11.1 Å². The average molecular weight is 409 g/mol. The Kier molecular flexibility index (Phi) is 6.30. The molecule has 2 heterocycles. The van der Waals surface area contributed by atoms with Crippen LogP contribution in [0.1, 0.15) is 54.8 Å². The Morgan fingerprint density at radius 1 is 1.07 bits per heavy atom. The van der Waals surface area contributed by atoms with E-state index in [1.807, 2.05) is 30.5 Å². The number of hydrogen-bond donors (Lipinski definition) is 1. The first-order valence-corrected chi connectivity index (χ1v) is 10.9. The molecule has 1 saturated heterocycles. The summed E-state index contributed by atoms with van der Waals surface area (Å²) >= 11 is 0.917. The average Bonchev–Trinajstić information content (AvgIpc) is 3.07. The molecule has 150 valence electrons. The molecule has 1 aromatic carbocycles. The SMILES string of the molecule is O=C1NC(=O)C(=Cc2ccc(OCCc3ccc(C4CCCCC4)cn3)cc2)S1. The number of carbonyl (C=O) groups is 2. The molecule has 1 aliphatic carbocycles. The number of thioether (sulfide) groups is 1. The molecular weight excluding hydrogens is 384 g/mol. The third-order valence-corrected chi connectivity index (χ3v) is 6.18. The van der Waals surface area contributed by atoms with Gasteiger partial charge < -0.3 is 4.74 Å². The number of amides is 2. The lowest BCUT2D eigenvalue weighted by Gasteiger charge is -2.21. The number of nitrogens with one attached hydrogen (secondary N) is 1. The fourth-order valence-corrected chi connectivity index (χ4v) is 4.45. The van der Waals surface area contributed by atoms with E-state index in [1.165, 1.54) is 37.7 Å². The molecule has 6 heteroatoms. The maximum Gasteiger partial charge on any atom is 0.290 e. The lowest BCUT2D eigenvalue weighted by atomic mass is 9.85. The van der Waals surface area contributed by atoms with Crippen molar-refractivity contribution in [2.75, 3.05) is 6.61 Å². The van der Waals surface area contributed by atoms with E-state index in [1.54, 1.807) is 6.08 Å². The maximum atomic E-state index is 11.6. The van der Waals surface area contributed by atoms with Gasteiger partial charge in [-0.1, -0.05) is 37.5 Å². The molecule has 0 spiro atoms. The predicted molar refractivity (Wildman–Crippen MR) is 115 cm³/mol. The zero-order valence-electron chi connectivity index (χ0n) is 16.2. The van der Waals surface area contributed by atoms with Crippen molar-refractivity contribution in [2.24, 2.45) is 0 Å². The highest BCUT2D eigenvalue weighted by Crippen LogP contribution is 2.32. The first-order chi connectivity index (χ1) is 14.2. The summed E-state index contributed by atoms with van der Waals surface area (Å²) in [6, 6.07) is 11.8. The highest BCUT2D eigenvalue weighted by molar-refractivity contribution is 8.18. The Morgan fingerprint density at radius 2 is 1.86 bits per heavy atom. The van der Waals surface area contributed by atoms with Crippen molar-refractivity contribution in [3.63, 3.8) is 0 Å². The number of imide groups is 1. The standard InChI is InChI=1S/C23H24N2O3S/c26-22-21(29-23(27)25-22)14-16-6-10-20(11-7-16)28-13-12-19-9-8-18(15-24-19)17-4-2-1-3-5-17/h6-11,14-15,17H,1-5,12-13H2,(H,25,26,27). The Balaban J connectivity index is 1.27. The summed E-state index contributed by atoms with van der Waals surface area (Å²) < 4.78 is 5.82. The number of benzene rings is 1. The monoisotopic (exact) mass is 408 g/mol. The van der Waals surface area contributed by atoms with E-state index >= 15 is 0 Å². The van der Waals surface area contributed by atoms with Crippen LogP contribution in [0.2, 0.25) is 0 Å². The molecular formula is C23H24N2O3S. The molecule has 5 nitrogen and oxygen atoms in total. The molecule has 1 aromatic heterocycles. The predicted octanol–water partition coefficient (Wildman–Crippen LogP) is 5.07. The number of nitrogens with zero attached hydrogens (tertiary/aromatic N) is 1. The number of hydrogen-bond acceptors (Lipinski definition) is 5. The van der Waals surface area contributed by atoms with Gasteiger partial charge in [0.2, 0.25) is 0 Å². The van der Waals surface area contributed by atoms with E-state index in [9.17, 15) is 9.59 Å². The van der Waals surface area contributed by atoms with Gasteiger partial charge in [0.1, 0.15) is 5.75 Å². The summed E-state index contributed by atoms with van der Waals surface area (Å²) in [5.41, 5.74) is 3.26. The molecule has 0 radical (unpaired) electrons. The van der Waals surface area contributed by atoms with Crippen molar-refractivity contribution in [3.8, 4) is 5.75 Å². The second-order valence-corrected chi connectivity index (χ2v) is 8.45. The van der Waals surface area contributed by atoms with Crippen LogP contribution < -0.4 is 10.1 Å². The quantitative estimate of drug-likeness (QED) is 0.676. The van der Waals surface area contributed by atoms with E-state index in [0.717, 1.165) is 35.2 Å². The smallest absolute Gasteiger partial charge is 0.290 e. The van der Waals surface area contributed by atoms with Crippen molar-refractivity contribution < 1.29 is 14.3 Å². The highest BCUT2D eigenvalue weighted by Gasteiger charge is 2.24. The third kappa shape index (κ3) is 5.26. The van der Waals surface area contributed by atoms with Crippen LogP contribution in [0.15, 0.2) is 47.5 Å². The first kappa shape index (κ1) is 19.7. The summed E-state index contributed by atoms with van der Waals surface area (Å²) in [6.07, 6.45) is 11.1. The third-order valence-electron chi connectivity index (χ3n) is 5.37. The Hall–Kier alpha value is -2.60. The van der Waals surface area contributed by atoms with Gasteiger partial charge in [-0.25, -0.2) is 0 Å². The van der Waals surface area contributed by atoms with Crippen molar-refractivity contribution >= 4 is 29.0 Å².